The van der Waals surface area contributed by atoms with Crippen LogP contribution in [-0.4, -0.2) is 48.0 Å². The molecule has 3 rings (SSSR count). The number of rotatable bonds is 7. The van der Waals surface area contributed by atoms with Crippen LogP contribution < -0.4 is 0 Å². The molecule has 1 aliphatic rings. The van der Waals surface area contributed by atoms with Gasteiger partial charge in [-0.2, -0.15) is 5.10 Å². The third-order valence-corrected chi connectivity index (χ3v) is 11.2. The third kappa shape index (κ3) is 5.05. The van der Waals surface area contributed by atoms with Gasteiger partial charge in [-0.25, -0.2) is 0 Å². The summed E-state index contributed by atoms with van der Waals surface area (Å²) in [5.74, 6) is 0. The number of likely N-dealkylation sites (tertiary alicyclic amines) is 1. The van der Waals surface area contributed by atoms with Crippen LogP contribution in [0.4, 0.5) is 0 Å². The van der Waals surface area contributed by atoms with Crippen LogP contribution in [0.2, 0.25) is 18.1 Å². The average molecular weight is 414 g/mol. The minimum atomic E-state index is -1.83. The Hall–Kier alpha value is -1.76. The summed E-state index contributed by atoms with van der Waals surface area (Å²) in [5.41, 5.74) is 3.02. The van der Waals surface area contributed by atoms with Gasteiger partial charge in [0, 0.05) is 32.6 Å². The van der Waals surface area contributed by atoms with Crippen molar-refractivity contribution in [1.29, 1.82) is 0 Å². The SMILES string of the molecule is Cn1ncc(C=O)c1C[C@@H]1C[C@@H](O[Si](C)(C)C(C)(C)C)CN1Cc1ccccc1. The Kier molecular flexibility index (Phi) is 6.46. The summed E-state index contributed by atoms with van der Waals surface area (Å²) < 4.78 is 8.61. The van der Waals surface area contributed by atoms with Crippen molar-refractivity contribution in [2.75, 3.05) is 6.54 Å². The number of hydrogen-bond acceptors (Lipinski definition) is 4. The van der Waals surface area contributed by atoms with E-state index in [1.165, 1.54) is 5.56 Å². The second-order valence-electron chi connectivity index (χ2n) is 9.80. The van der Waals surface area contributed by atoms with E-state index in [1.54, 1.807) is 6.20 Å². The van der Waals surface area contributed by atoms with Gasteiger partial charge in [-0.15, -0.1) is 0 Å². The first kappa shape index (κ1) is 21.9. The van der Waals surface area contributed by atoms with E-state index in [0.717, 1.165) is 37.9 Å². The average Bonchev–Trinajstić information content (AvgIpc) is 3.18. The van der Waals surface area contributed by atoms with Crippen LogP contribution in [-0.2, 0) is 24.4 Å². The number of carbonyl (C=O) groups is 1. The number of benzene rings is 1. The molecule has 0 N–H and O–H groups in total. The highest BCUT2D eigenvalue weighted by Crippen LogP contribution is 2.39. The lowest BCUT2D eigenvalue weighted by molar-refractivity contribution is 0.112. The van der Waals surface area contributed by atoms with E-state index in [4.69, 9.17) is 4.43 Å². The number of aromatic nitrogens is 2. The first-order valence-corrected chi connectivity index (χ1v) is 13.4. The van der Waals surface area contributed by atoms with E-state index in [-0.39, 0.29) is 11.1 Å². The molecule has 2 atom stereocenters. The maximum atomic E-state index is 11.5. The topological polar surface area (TPSA) is 47.4 Å². The second-order valence-corrected chi connectivity index (χ2v) is 14.6. The molecule has 0 amide bonds. The lowest BCUT2D eigenvalue weighted by atomic mass is 10.0. The minimum absolute atomic E-state index is 0.197. The highest BCUT2D eigenvalue weighted by Gasteiger charge is 2.42. The van der Waals surface area contributed by atoms with Gasteiger partial charge in [0.1, 0.15) is 0 Å². The van der Waals surface area contributed by atoms with Gasteiger partial charge in [-0.05, 0) is 30.1 Å². The molecule has 0 bridgehead atoms. The van der Waals surface area contributed by atoms with Gasteiger partial charge in [-0.3, -0.25) is 14.4 Å². The Morgan fingerprint density at radius 2 is 1.93 bits per heavy atom. The molecule has 2 aromatic rings. The summed E-state index contributed by atoms with van der Waals surface area (Å²) in [6, 6.07) is 10.9. The van der Waals surface area contributed by atoms with Crippen molar-refractivity contribution >= 4 is 14.6 Å². The summed E-state index contributed by atoms with van der Waals surface area (Å²) >= 11 is 0. The van der Waals surface area contributed by atoms with Crippen LogP contribution in [0.25, 0.3) is 0 Å². The van der Waals surface area contributed by atoms with Crippen LogP contribution in [0.15, 0.2) is 36.5 Å². The van der Waals surface area contributed by atoms with Gasteiger partial charge in [0.15, 0.2) is 14.6 Å². The normalized spacial score (nSPS) is 20.9. The summed E-state index contributed by atoms with van der Waals surface area (Å²) in [7, 11) is 0.0898. The lowest BCUT2D eigenvalue weighted by Gasteiger charge is -2.38. The van der Waals surface area contributed by atoms with Gasteiger partial charge in [0.25, 0.3) is 0 Å². The molecule has 1 fully saturated rings. The van der Waals surface area contributed by atoms with Crippen molar-refractivity contribution in [2.45, 2.75) is 70.4 Å². The number of nitrogens with zero attached hydrogens (tertiary/aromatic N) is 3. The zero-order valence-electron chi connectivity index (χ0n) is 18.7. The van der Waals surface area contributed by atoms with E-state index in [0.29, 0.717) is 11.6 Å². The molecule has 0 aliphatic carbocycles. The van der Waals surface area contributed by atoms with Gasteiger partial charge in [-0.1, -0.05) is 51.1 Å². The standard InChI is InChI=1S/C23H35N3O2Si/c1-23(2,3)29(5,6)28-21-12-20(13-22-19(17-27)14-24-25(22)4)26(16-21)15-18-10-8-7-9-11-18/h7-11,14,17,20-21H,12-13,15-16H2,1-6H3/t20-,21+/m0/s1. The maximum absolute atomic E-state index is 11.5. The van der Waals surface area contributed by atoms with Crippen molar-refractivity contribution in [2.24, 2.45) is 7.05 Å². The van der Waals surface area contributed by atoms with Crippen LogP contribution in [0, 0.1) is 0 Å². The Morgan fingerprint density at radius 1 is 1.24 bits per heavy atom. The molecule has 2 heterocycles. The quantitative estimate of drug-likeness (QED) is 0.497. The molecular weight excluding hydrogens is 378 g/mol. The molecule has 0 saturated carbocycles. The van der Waals surface area contributed by atoms with Gasteiger partial charge < -0.3 is 4.43 Å². The summed E-state index contributed by atoms with van der Waals surface area (Å²) in [4.78, 5) is 14.0. The lowest BCUT2D eigenvalue weighted by Crippen LogP contribution is -2.44. The molecule has 0 radical (unpaired) electrons. The van der Waals surface area contributed by atoms with E-state index >= 15 is 0 Å². The fourth-order valence-electron chi connectivity index (χ4n) is 3.89. The molecule has 6 heteroatoms. The van der Waals surface area contributed by atoms with Crippen molar-refractivity contribution in [3.8, 4) is 0 Å². The predicted molar refractivity (Wildman–Crippen MR) is 120 cm³/mol. The molecule has 0 unspecified atom stereocenters. The summed E-state index contributed by atoms with van der Waals surface area (Å²) in [6.45, 7) is 13.4. The molecule has 158 valence electrons. The zero-order chi connectivity index (χ0) is 21.2. The molecular formula is C23H35N3O2Si. The Bertz CT molecular complexity index is 826. The van der Waals surface area contributed by atoms with Crippen LogP contribution in [0.1, 0.15) is 48.8 Å². The van der Waals surface area contributed by atoms with Crippen LogP contribution in [0.3, 0.4) is 0 Å². The molecule has 5 nitrogen and oxygen atoms in total. The van der Waals surface area contributed by atoms with Gasteiger partial charge in [0.05, 0.1) is 23.6 Å². The minimum Gasteiger partial charge on any atom is -0.413 e. The third-order valence-electron chi connectivity index (χ3n) is 6.64. The number of aldehydes is 1. The molecule has 1 aromatic heterocycles. The molecule has 1 aromatic carbocycles. The molecule has 0 spiro atoms. The van der Waals surface area contributed by atoms with Gasteiger partial charge >= 0.3 is 0 Å². The summed E-state index contributed by atoms with van der Waals surface area (Å²) in [5, 5.41) is 4.49. The van der Waals surface area contributed by atoms with E-state index in [2.05, 4.69) is 74.2 Å². The summed E-state index contributed by atoms with van der Waals surface area (Å²) in [6.07, 6.45) is 4.63. The molecule has 1 aliphatic heterocycles. The van der Waals surface area contributed by atoms with Crippen molar-refractivity contribution < 1.29 is 9.22 Å². The predicted octanol–water partition coefficient (Wildman–Crippen LogP) is 4.44. The van der Waals surface area contributed by atoms with Crippen LogP contribution in [0.5, 0.6) is 0 Å². The highest BCUT2D eigenvalue weighted by molar-refractivity contribution is 6.74. The zero-order valence-corrected chi connectivity index (χ0v) is 19.7. The first-order chi connectivity index (χ1) is 13.6. The Balaban J connectivity index is 1.80. The smallest absolute Gasteiger partial charge is 0.192 e. The molecule has 29 heavy (non-hydrogen) atoms. The monoisotopic (exact) mass is 413 g/mol. The van der Waals surface area contributed by atoms with Crippen molar-refractivity contribution in [3.05, 3.63) is 53.3 Å². The molecule has 1 saturated heterocycles. The Labute approximate surface area is 176 Å². The number of hydrogen-bond donors (Lipinski definition) is 0. The second kappa shape index (κ2) is 8.54. The Morgan fingerprint density at radius 3 is 2.55 bits per heavy atom. The first-order valence-electron chi connectivity index (χ1n) is 10.5. The number of aryl methyl sites for hydroxylation is 1. The fourth-order valence-corrected chi connectivity index (χ4v) is 5.25. The largest absolute Gasteiger partial charge is 0.413 e. The van der Waals surface area contributed by atoms with Gasteiger partial charge in [0.2, 0.25) is 0 Å². The van der Waals surface area contributed by atoms with E-state index < -0.39 is 8.32 Å². The van der Waals surface area contributed by atoms with Crippen molar-refractivity contribution in [1.82, 2.24) is 14.7 Å². The van der Waals surface area contributed by atoms with E-state index in [1.807, 2.05) is 11.7 Å². The van der Waals surface area contributed by atoms with Crippen molar-refractivity contribution in [3.63, 3.8) is 0 Å². The number of carbonyl (C=O) groups excluding carboxylic acids is 1. The fraction of sp³-hybridized carbons (Fsp3) is 0.565. The maximum Gasteiger partial charge on any atom is 0.192 e. The van der Waals surface area contributed by atoms with E-state index in [9.17, 15) is 4.79 Å². The van der Waals surface area contributed by atoms with Crippen LogP contribution >= 0.6 is 0 Å². The highest BCUT2D eigenvalue weighted by atomic mass is 28.4.